The van der Waals surface area contributed by atoms with Gasteiger partial charge in [0, 0.05) is 43.3 Å². The monoisotopic (exact) mass is 630 g/mol. The summed E-state index contributed by atoms with van der Waals surface area (Å²) < 4.78 is 28.9. The van der Waals surface area contributed by atoms with Crippen LogP contribution in [0.25, 0.3) is 11.1 Å². The standard InChI is InChI=1S/C33H46N2O6S2/c1-23-9-7-8-12-28(23)30-17-25(13-14-29(30)32(36)34-31(33(37)38)15-16-43(3,39)40)19-35-20-27(18-26(35)21-41-2)42-22-24-10-5-4-6-11-24/h7-9,12-14,17,24,26-27,31H,4-6,10-11,15-16,18-22H2,1-3H3,(H,34,36)(H,37,38)/t26-,27-,31+/m1/s1. The van der Waals surface area contributed by atoms with Crippen molar-refractivity contribution < 1.29 is 27.9 Å². The van der Waals surface area contributed by atoms with E-state index >= 15 is 0 Å². The zero-order chi connectivity index (χ0) is 31.0. The van der Waals surface area contributed by atoms with Crippen LogP contribution in [0, 0.1) is 12.8 Å². The zero-order valence-electron chi connectivity index (χ0n) is 25.6. The highest BCUT2D eigenvalue weighted by Gasteiger charge is 2.33. The summed E-state index contributed by atoms with van der Waals surface area (Å²) in [4.78, 5) is 27.8. The third kappa shape index (κ3) is 9.80. The summed E-state index contributed by atoms with van der Waals surface area (Å²) in [6, 6.07) is 12.6. The first-order valence-electron chi connectivity index (χ1n) is 15.3. The van der Waals surface area contributed by atoms with E-state index in [1.165, 1.54) is 37.9 Å². The number of nitrogens with one attached hydrogen (secondary N) is 1. The fourth-order valence-electron chi connectivity index (χ4n) is 6.29. The van der Waals surface area contributed by atoms with E-state index in [9.17, 15) is 23.1 Å². The molecule has 0 radical (unpaired) electrons. The molecule has 1 aliphatic heterocycles. The van der Waals surface area contributed by atoms with Crippen molar-refractivity contribution in [1.82, 2.24) is 10.2 Å². The molecule has 8 nitrogen and oxygen atoms in total. The molecule has 2 aliphatic rings. The molecule has 0 unspecified atom stereocenters. The maximum atomic E-state index is 13.5. The largest absolute Gasteiger partial charge is 0.480 e. The predicted molar refractivity (Wildman–Crippen MR) is 173 cm³/mol. The van der Waals surface area contributed by atoms with Gasteiger partial charge in [-0.15, -0.1) is 0 Å². The number of hydrogen-bond acceptors (Lipinski definition) is 7. The van der Waals surface area contributed by atoms with Gasteiger partial charge in [0.15, 0.2) is 0 Å². The molecule has 10 heteroatoms. The lowest BCUT2D eigenvalue weighted by Gasteiger charge is -2.25. The second kappa shape index (κ2) is 15.5. The first kappa shape index (κ1) is 33.5. The Balaban J connectivity index is 1.54. The van der Waals surface area contributed by atoms with Crippen molar-refractivity contribution in [2.45, 2.75) is 75.7 Å². The van der Waals surface area contributed by atoms with Crippen LogP contribution in [0.1, 0.15) is 66.4 Å². The predicted octanol–water partition coefficient (Wildman–Crippen LogP) is 5.18. The molecule has 3 atom stereocenters. The minimum atomic E-state index is -3.38. The lowest BCUT2D eigenvalue weighted by atomic mass is 9.91. The van der Waals surface area contributed by atoms with Crippen LogP contribution in [0.15, 0.2) is 42.5 Å². The molecule has 1 heterocycles. The summed E-state index contributed by atoms with van der Waals surface area (Å²) in [5, 5.41) is 12.8. The topological polar surface area (TPSA) is 113 Å². The number of benzene rings is 2. The Morgan fingerprint density at radius 3 is 2.53 bits per heavy atom. The minimum Gasteiger partial charge on any atom is -0.480 e. The van der Waals surface area contributed by atoms with Crippen molar-refractivity contribution >= 4 is 33.5 Å². The quantitative estimate of drug-likeness (QED) is 0.294. The first-order chi connectivity index (χ1) is 20.5. The fraction of sp³-hybridized carbons (Fsp3) is 0.576. The molecule has 1 saturated heterocycles. The van der Waals surface area contributed by atoms with Gasteiger partial charge < -0.3 is 15.2 Å². The first-order valence-corrected chi connectivity index (χ1v) is 18.4. The van der Waals surface area contributed by atoms with Crippen molar-refractivity contribution in [2.75, 3.05) is 38.0 Å². The van der Waals surface area contributed by atoms with E-state index in [2.05, 4.69) is 22.0 Å². The van der Waals surface area contributed by atoms with Gasteiger partial charge in [-0.1, -0.05) is 49.6 Å². The maximum Gasteiger partial charge on any atom is 0.326 e. The van der Waals surface area contributed by atoms with Crippen LogP contribution in [-0.4, -0.2) is 85.7 Å². The molecule has 2 fully saturated rings. The highest BCUT2D eigenvalue weighted by atomic mass is 32.2. The number of thioether (sulfide) groups is 1. The SMILES string of the molecule is COC[C@H]1C[C@@H](SCC2CCCCC2)CN1Cc1ccc(C(=O)N[C@@H](CCS(C)(=O)=O)C(=O)O)c(-c2ccccc2C)c1. The van der Waals surface area contributed by atoms with Gasteiger partial charge in [0.25, 0.3) is 5.91 Å². The highest BCUT2D eigenvalue weighted by Crippen LogP contribution is 2.35. The molecule has 236 valence electrons. The van der Waals surface area contributed by atoms with E-state index < -0.39 is 27.8 Å². The number of aryl methyl sites for hydroxylation is 1. The second-order valence-electron chi connectivity index (χ2n) is 12.2. The lowest BCUT2D eigenvalue weighted by Crippen LogP contribution is -2.42. The molecule has 1 aliphatic carbocycles. The Bertz CT molecular complexity index is 1360. The number of ether oxygens (including phenoxy) is 1. The van der Waals surface area contributed by atoms with Gasteiger partial charge in [-0.3, -0.25) is 9.69 Å². The van der Waals surface area contributed by atoms with E-state index in [1.54, 1.807) is 13.2 Å². The average molecular weight is 631 g/mol. The van der Waals surface area contributed by atoms with Gasteiger partial charge in [-0.05, 0) is 78.7 Å². The van der Waals surface area contributed by atoms with Crippen molar-refractivity contribution in [3.05, 3.63) is 59.2 Å². The van der Waals surface area contributed by atoms with Crippen molar-refractivity contribution in [3.8, 4) is 11.1 Å². The summed E-state index contributed by atoms with van der Waals surface area (Å²) in [6.07, 6.45) is 8.77. The van der Waals surface area contributed by atoms with E-state index in [-0.39, 0.29) is 12.2 Å². The van der Waals surface area contributed by atoms with Gasteiger partial charge in [0.2, 0.25) is 0 Å². The second-order valence-corrected chi connectivity index (χ2v) is 15.8. The van der Waals surface area contributed by atoms with Gasteiger partial charge in [0.1, 0.15) is 15.9 Å². The molecule has 2 aromatic rings. The van der Waals surface area contributed by atoms with E-state index in [4.69, 9.17) is 4.74 Å². The van der Waals surface area contributed by atoms with Gasteiger partial charge in [-0.2, -0.15) is 11.8 Å². The molecule has 43 heavy (non-hydrogen) atoms. The Labute approximate surface area is 260 Å². The number of amides is 1. The normalized spacial score (nSPS) is 20.6. The number of carboxylic acids is 1. The van der Waals surface area contributed by atoms with E-state index in [0.717, 1.165) is 53.9 Å². The van der Waals surface area contributed by atoms with Crippen LogP contribution in [0.4, 0.5) is 0 Å². The minimum absolute atomic E-state index is 0.201. The Morgan fingerprint density at radius 1 is 1.12 bits per heavy atom. The third-order valence-corrected chi connectivity index (χ3v) is 11.1. The highest BCUT2D eigenvalue weighted by molar-refractivity contribution is 7.99. The Kier molecular flexibility index (Phi) is 12.1. The Hall–Kier alpha value is -2.40. The number of methoxy groups -OCH3 is 1. The van der Waals surface area contributed by atoms with Crippen LogP contribution >= 0.6 is 11.8 Å². The lowest BCUT2D eigenvalue weighted by molar-refractivity contribution is -0.139. The number of rotatable bonds is 14. The molecular formula is C33H46N2O6S2. The summed E-state index contributed by atoms with van der Waals surface area (Å²) >= 11 is 2.12. The fourth-order valence-corrected chi connectivity index (χ4v) is 8.49. The van der Waals surface area contributed by atoms with Crippen LogP contribution in [0.2, 0.25) is 0 Å². The maximum absolute atomic E-state index is 13.5. The van der Waals surface area contributed by atoms with Gasteiger partial charge >= 0.3 is 5.97 Å². The molecule has 0 bridgehead atoms. The van der Waals surface area contributed by atoms with Crippen molar-refractivity contribution in [3.63, 3.8) is 0 Å². The number of carboxylic acid groups (broad SMARTS) is 1. The molecule has 1 saturated carbocycles. The van der Waals surface area contributed by atoms with Crippen LogP contribution < -0.4 is 5.32 Å². The molecule has 0 spiro atoms. The number of carbonyl (C=O) groups is 2. The summed E-state index contributed by atoms with van der Waals surface area (Å²) in [5.74, 6) is -0.0487. The summed E-state index contributed by atoms with van der Waals surface area (Å²) in [6.45, 7) is 4.38. The number of hydrogen-bond donors (Lipinski definition) is 2. The van der Waals surface area contributed by atoms with Crippen LogP contribution in [-0.2, 0) is 25.9 Å². The Morgan fingerprint density at radius 2 is 1.86 bits per heavy atom. The summed E-state index contributed by atoms with van der Waals surface area (Å²) in [5.41, 5.74) is 4.05. The van der Waals surface area contributed by atoms with Gasteiger partial charge in [-0.25, -0.2) is 13.2 Å². The molecule has 0 aromatic heterocycles. The summed E-state index contributed by atoms with van der Waals surface area (Å²) in [7, 11) is -1.62. The van der Waals surface area contributed by atoms with Crippen molar-refractivity contribution in [2.24, 2.45) is 5.92 Å². The molecular weight excluding hydrogens is 585 g/mol. The molecule has 2 aromatic carbocycles. The average Bonchev–Trinajstić information content (AvgIpc) is 3.35. The number of carbonyl (C=O) groups excluding carboxylic acids is 1. The van der Waals surface area contributed by atoms with E-state index in [1.807, 2.05) is 43.3 Å². The van der Waals surface area contributed by atoms with Gasteiger partial charge in [0.05, 0.1) is 12.4 Å². The smallest absolute Gasteiger partial charge is 0.326 e. The number of sulfone groups is 1. The molecule has 4 rings (SSSR count). The number of nitrogens with zero attached hydrogens (tertiary/aromatic N) is 1. The number of likely N-dealkylation sites (tertiary alicyclic amines) is 1. The van der Waals surface area contributed by atoms with E-state index in [0.29, 0.717) is 23.5 Å². The molecule has 2 N–H and O–H groups in total. The molecule has 1 amide bonds. The zero-order valence-corrected chi connectivity index (χ0v) is 27.2. The van der Waals surface area contributed by atoms with Crippen LogP contribution in [0.3, 0.4) is 0 Å². The van der Waals surface area contributed by atoms with Crippen molar-refractivity contribution in [1.29, 1.82) is 0 Å². The third-order valence-electron chi connectivity index (χ3n) is 8.67. The van der Waals surface area contributed by atoms with Crippen LogP contribution in [0.5, 0.6) is 0 Å². The number of aliphatic carboxylic acids is 1.